The summed E-state index contributed by atoms with van der Waals surface area (Å²) in [7, 11) is 1.62. The number of aliphatic carboxylic acids is 1. The van der Waals surface area contributed by atoms with Crippen LogP contribution in [0, 0.1) is 11.8 Å². The quantitative estimate of drug-likeness (QED) is 0.875. The van der Waals surface area contributed by atoms with Crippen LogP contribution in [0.3, 0.4) is 0 Å². The van der Waals surface area contributed by atoms with Crippen LogP contribution in [0.2, 0.25) is 0 Å². The van der Waals surface area contributed by atoms with Gasteiger partial charge in [0, 0.05) is 12.6 Å². The number of methoxy groups -OCH3 is 1. The molecule has 22 heavy (non-hydrogen) atoms. The molecule has 2 fully saturated rings. The van der Waals surface area contributed by atoms with Crippen molar-refractivity contribution in [3.05, 3.63) is 29.8 Å². The van der Waals surface area contributed by atoms with Crippen LogP contribution in [-0.4, -0.2) is 35.0 Å². The normalized spacial score (nSPS) is 23.5. The molecule has 2 unspecified atom stereocenters. The molecule has 0 saturated heterocycles. The Labute approximate surface area is 129 Å². The maximum Gasteiger partial charge on any atom is 0.307 e. The molecule has 5 nitrogen and oxygen atoms in total. The summed E-state index contributed by atoms with van der Waals surface area (Å²) in [6, 6.07) is 7.96. The summed E-state index contributed by atoms with van der Waals surface area (Å²) in [5, 5.41) is 9.15. The molecule has 1 amide bonds. The van der Waals surface area contributed by atoms with E-state index in [-0.39, 0.29) is 17.9 Å². The van der Waals surface area contributed by atoms with Crippen LogP contribution in [0.4, 0.5) is 0 Å². The zero-order valence-corrected chi connectivity index (χ0v) is 12.7. The first kappa shape index (κ1) is 14.9. The van der Waals surface area contributed by atoms with Gasteiger partial charge in [-0.25, -0.2) is 0 Å². The van der Waals surface area contributed by atoms with Crippen LogP contribution < -0.4 is 4.74 Å². The number of hydrogen-bond acceptors (Lipinski definition) is 3. The van der Waals surface area contributed by atoms with E-state index >= 15 is 0 Å². The first-order valence-electron chi connectivity index (χ1n) is 7.76. The predicted molar refractivity (Wildman–Crippen MR) is 80.4 cm³/mol. The lowest BCUT2D eigenvalue weighted by molar-refractivity contribution is -0.157. The van der Waals surface area contributed by atoms with Gasteiger partial charge in [-0.1, -0.05) is 12.1 Å². The molecule has 0 aromatic heterocycles. The molecule has 2 saturated carbocycles. The fourth-order valence-electron chi connectivity index (χ4n) is 3.00. The molecule has 1 N–H and O–H groups in total. The van der Waals surface area contributed by atoms with Crippen LogP contribution in [0.15, 0.2) is 24.3 Å². The van der Waals surface area contributed by atoms with Gasteiger partial charge in [-0.2, -0.15) is 0 Å². The molecule has 0 bridgehead atoms. The molecule has 5 heteroatoms. The van der Waals surface area contributed by atoms with E-state index in [1.165, 1.54) is 0 Å². The van der Waals surface area contributed by atoms with Crippen LogP contribution in [0.5, 0.6) is 5.75 Å². The van der Waals surface area contributed by atoms with Gasteiger partial charge in [0.05, 0.1) is 18.9 Å². The minimum absolute atomic E-state index is 0.0111. The fraction of sp³-hybridized carbons (Fsp3) is 0.529. The number of carbonyl (C=O) groups excluding carboxylic acids is 1. The molecule has 2 aliphatic rings. The van der Waals surface area contributed by atoms with E-state index in [4.69, 9.17) is 9.84 Å². The molecule has 1 aromatic rings. The Balaban J connectivity index is 1.69. The first-order valence-corrected chi connectivity index (χ1v) is 7.76. The van der Waals surface area contributed by atoms with E-state index in [2.05, 4.69) is 0 Å². The Bertz CT molecular complexity index is 565. The third kappa shape index (κ3) is 2.93. The van der Waals surface area contributed by atoms with Gasteiger partial charge in [0.15, 0.2) is 0 Å². The molecule has 0 radical (unpaired) electrons. The molecule has 2 aliphatic carbocycles. The van der Waals surface area contributed by atoms with Crippen molar-refractivity contribution in [2.24, 2.45) is 11.8 Å². The van der Waals surface area contributed by atoms with Crippen molar-refractivity contribution >= 4 is 11.9 Å². The Kier molecular flexibility index (Phi) is 4.05. The number of carbonyl (C=O) groups is 2. The van der Waals surface area contributed by atoms with E-state index in [1.807, 2.05) is 29.2 Å². The third-order valence-corrected chi connectivity index (χ3v) is 4.69. The van der Waals surface area contributed by atoms with E-state index in [1.54, 1.807) is 7.11 Å². The topological polar surface area (TPSA) is 66.8 Å². The van der Waals surface area contributed by atoms with Crippen molar-refractivity contribution in [1.29, 1.82) is 0 Å². The number of rotatable bonds is 6. The average Bonchev–Trinajstić information content (AvgIpc) is 3.28. The van der Waals surface area contributed by atoms with Crippen molar-refractivity contribution in [1.82, 2.24) is 4.90 Å². The molecule has 2 atom stereocenters. The lowest BCUT2D eigenvalue weighted by Crippen LogP contribution is -2.46. The average molecular weight is 303 g/mol. The monoisotopic (exact) mass is 303 g/mol. The number of ether oxygens (including phenoxy) is 1. The molecule has 3 rings (SSSR count). The van der Waals surface area contributed by atoms with E-state index in [0.717, 1.165) is 24.2 Å². The third-order valence-electron chi connectivity index (χ3n) is 4.69. The Morgan fingerprint density at radius 3 is 2.23 bits per heavy atom. The van der Waals surface area contributed by atoms with Gasteiger partial charge in [0.2, 0.25) is 5.91 Å². The number of benzene rings is 1. The second-order valence-corrected chi connectivity index (χ2v) is 6.17. The zero-order valence-electron chi connectivity index (χ0n) is 12.7. The highest BCUT2D eigenvalue weighted by molar-refractivity contribution is 5.86. The summed E-state index contributed by atoms with van der Waals surface area (Å²) in [6.45, 7) is 0.552. The van der Waals surface area contributed by atoms with Crippen LogP contribution in [0.1, 0.15) is 31.2 Å². The van der Waals surface area contributed by atoms with Crippen molar-refractivity contribution in [2.75, 3.05) is 7.11 Å². The van der Waals surface area contributed by atoms with E-state index in [9.17, 15) is 9.59 Å². The maximum absolute atomic E-state index is 12.7. The molecule has 0 aliphatic heterocycles. The summed E-state index contributed by atoms with van der Waals surface area (Å²) < 4.78 is 5.14. The molecule has 0 heterocycles. The summed E-state index contributed by atoms with van der Waals surface area (Å²) in [6.07, 6.45) is 3.35. The highest BCUT2D eigenvalue weighted by Gasteiger charge is 2.45. The SMILES string of the molecule is COc1ccc(CN(C(=O)C2CCC2C(=O)O)C2CC2)cc1. The highest BCUT2D eigenvalue weighted by atomic mass is 16.5. The van der Waals surface area contributed by atoms with Crippen molar-refractivity contribution in [3.8, 4) is 5.75 Å². The van der Waals surface area contributed by atoms with Gasteiger partial charge in [0.1, 0.15) is 5.75 Å². The number of hydrogen-bond donors (Lipinski definition) is 1. The van der Waals surface area contributed by atoms with Gasteiger partial charge >= 0.3 is 5.97 Å². The van der Waals surface area contributed by atoms with Crippen molar-refractivity contribution < 1.29 is 19.4 Å². The lowest BCUT2D eigenvalue weighted by atomic mass is 9.73. The summed E-state index contributed by atoms with van der Waals surface area (Å²) >= 11 is 0. The number of carboxylic acids is 1. The molecule has 0 spiro atoms. The minimum Gasteiger partial charge on any atom is -0.497 e. The first-order chi connectivity index (χ1) is 10.6. The van der Waals surface area contributed by atoms with Gasteiger partial charge in [-0.05, 0) is 43.4 Å². The Morgan fingerprint density at radius 1 is 1.14 bits per heavy atom. The van der Waals surface area contributed by atoms with Gasteiger partial charge in [0.25, 0.3) is 0 Å². The molecular formula is C17H21NO4. The Morgan fingerprint density at radius 2 is 1.77 bits per heavy atom. The summed E-state index contributed by atoms with van der Waals surface area (Å²) in [4.78, 5) is 25.7. The summed E-state index contributed by atoms with van der Waals surface area (Å²) in [5.74, 6) is -0.874. The maximum atomic E-state index is 12.7. The Hall–Kier alpha value is -2.04. The molecule has 1 aromatic carbocycles. The van der Waals surface area contributed by atoms with Crippen molar-refractivity contribution in [3.63, 3.8) is 0 Å². The minimum atomic E-state index is -0.843. The highest BCUT2D eigenvalue weighted by Crippen LogP contribution is 2.39. The smallest absolute Gasteiger partial charge is 0.307 e. The molecular weight excluding hydrogens is 282 g/mol. The second-order valence-electron chi connectivity index (χ2n) is 6.17. The summed E-state index contributed by atoms with van der Waals surface area (Å²) in [5.41, 5.74) is 1.05. The zero-order chi connectivity index (χ0) is 15.7. The fourth-order valence-corrected chi connectivity index (χ4v) is 3.00. The molecule has 118 valence electrons. The van der Waals surface area contributed by atoms with Gasteiger partial charge < -0.3 is 14.7 Å². The van der Waals surface area contributed by atoms with Crippen LogP contribution in [-0.2, 0) is 16.1 Å². The van der Waals surface area contributed by atoms with Crippen molar-refractivity contribution in [2.45, 2.75) is 38.3 Å². The predicted octanol–water partition coefficient (Wildman–Crippen LogP) is 2.30. The second kappa shape index (κ2) is 5.99. The lowest BCUT2D eigenvalue weighted by Gasteiger charge is -2.36. The number of amides is 1. The van der Waals surface area contributed by atoms with E-state index < -0.39 is 11.9 Å². The number of nitrogens with zero attached hydrogens (tertiary/aromatic N) is 1. The van der Waals surface area contributed by atoms with Gasteiger partial charge in [-0.15, -0.1) is 0 Å². The van der Waals surface area contributed by atoms with Gasteiger partial charge in [-0.3, -0.25) is 9.59 Å². The number of carboxylic acid groups (broad SMARTS) is 1. The largest absolute Gasteiger partial charge is 0.497 e. The van der Waals surface area contributed by atoms with E-state index in [0.29, 0.717) is 19.4 Å². The van der Waals surface area contributed by atoms with Crippen LogP contribution >= 0.6 is 0 Å². The van der Waals surface area contributed by atoms with Crippen LogP contribution in [0.25, 0.3) is 0 Å². The standard InChI is InChI=1S/C17H21NO4/c1-22-13-6-2-11(3-7-13)10-18(12-4-5-12)16(19)14-8-9-15(14)17(20)21/h2-3,6-7,12,14-15H,4-5,8-10H2,1H3,(H,20,21).